The molecule has 25 heavy (non-hydrogen) atoms. The SMILES string of the molecule is C=C1C[C@@H](C(=O)OCC)[C@](O)(c2ccoc2[Si](C)(C)C)[C@H](O)[C@@H]1OC. The Morgan fingerprint density at radius 2 is 2.12 bits per heavy atom. The van der Waals surface area contributed by atoms with Gasteiger partial charge in [-0.1, -0.05) is 26.2 Å². The Bertz CT molecular complexity index is 646. The molecule has 2 N–H and O–H groups in total. The molecular formula is C18H28O6Si. The van der Waals surface area contributed by atoms with Crippen molar-refractivity contribution in [3.63, 3.8) is 0 Å². The summed E-state index contributed by atoms with van der Waals surface area (Å²) < 4.78 is 16.2. The predicted molar refractivity (Wildman–Crippen MR) is 96.3 cm³/mol. The zero-order chi connectivity index (χ0) is 19.0. The van der Waals surface area contributed by atoms with Crippen LogP contribution in [0.25, 0.3) is 0 Å². The van der Waals surface area contributed by atoms with Crippen LogP contribution >= 0.6 is 0 Å². The summed E-state index contributed by atoms with van der Waals surface area (Å²) in [5, 5.41) is 23.2. The molecule has 1 aromatic rings. The van der Waals surface area contributed by atoms with Gasteiger partial charge in [0.1, 0.15) is 25.9 Å². The van der Waals surface area contributed by atoms with Crippen LogP contribution in [0.1, 0.15) is 18.9 Å². The van der Waals surface area contributed by atoms with Gasteiger partial charge in [-0.2, -0.15) is 0 Å². The summed E-state index contributed by atoms with van der Waals surface area (Å²) >= 11 is 0. The maximum atomic E-state index is 12.6. The number of rotatable bonds is 5. The van der Waals surface area contributed by atoms with Gasteiger partial charge in [-0.05, 0) is 25.0 Å². The fourth-order valence-electron chi connectivity index (χ4n) is 3.55. The number of carbonyl (C=O) groups excluding carboxylic acids is 1. The number of furan rings is 1. The van der Waals surface area contributed by atoms with Gasteiger partial charge in [-0.25, -0.2) is 0 Å². The van der Waals surface area contributed by atoms with Crippen molar-refractivity contribution in [1.29, 1.82) is 0 Å². The molecule has 1 fully saturated rings. The molecule has 6 nitrogen and oxygen atoms in total. The predicted octanol–water partition coefficient (Wildman–Crippen LogP) is 1.53. The minimum absolute atomic E-state index is 0.168. The van der Waals surface area contributed by atoms with Gasteiger partial charge in [-0.15, -0.1) is 0 Å². The van der Waals surface area contributed by atoms with Crippen molar-refractivity contribution >= 4 is 19.4 Å². The highest BCUT2D eigenvalue weighted by molar-refractivity contribution is 6.88. The lowest BCUT2D eigenvalue weighted by Crippen LogP contribution is -2.61. The zero-order valence-corrected chi connectivity index (χ0v) is 16.5. The van der Waals surface area contributed by atoms with Crippen LogP contribution < -0.4 is 5.38 Å². The first kappa shape index (κ1) is 19.9. The normalized spacial score (nSPS) is 30.4. The average Bonchev–Trinajstić information content (AvgIpc) is 3.02. The fourth-order valence-corrected chi connectivity index (χ4v) is 5.06. The zero-order valence-electron chi connectivity index (χ0n) is 15.5. The van der Waals surface area contributed by atoms with Crippen LogP contribution in [0.4, 0.5) is 0 Å². The lowest BCUT2D eigenvalue weighted by Gasteiger charge is -2.46. The summed E-state index contributed by atoms with van der Waals surface area (Å²) in [5.41, 5.74) is -0.876. The highest BCUT2D eigenvalue weighted by Gasteiger charge is 2.58. The van der Waals surface area contributed by atoms with Gasteiger partial charge >= 0.3 is 5.97 Å². The van der Waals surface area contributed by atoms with E-state index in [4.69, 9.17) is 13.9 Å². The quantitative estimate of drug-likeness (QED) is 0.465. The standard InChI is InChI=1S/C18H28O6Si/c1-7-23-16(20)13-10-11(2)14(22-3)15(19)18(13,21)12-8-9-24-17(12)25(4,5)6/h8-9,13-15,19,21H,2,7,10H2,1,3-6H3/t13-,14+,15+,18+/m0/s1. The second-order valence-electron chi connectivity index (χ2n) is 7.51. The molecule has 7 heteroatoms. The van der Waals surface area contributed by atoms with E-state index in [2.05, 4.69) is 26.2 Å². The molecule has 1 heterocycles. The van der Waals surface area contributed by atoms with Crippen LogP contribution in [0.3, 0.4) is 0 Å². The molecular weight excluding hydrogens is 340 g/mol. The average molecular weight is 369 g/mol. The highest BCUT2D eigenvalue weighted by Crippen LogP contribution is 2.45. The molecule has 0 radical (unpaired) electrons. The lowest BCUT2D eigenvalue weighted by atomic mass is 9.67. The smallest absolute Gasteiger partial charge is 0.312 e. The third-order valence-corrected chi connectivity index (χ3v) is 6.49. The minimum atomic E-state index is -1.97. The van der Waals surface area contributed by atoms with E-state index in [1.807, 2.05) is 0 Å². The highest BCUT2D eigenvalue weighted by atomic mass is 28.3. The Kier molecular flexibility index (Phi) is 5.63. The van der Waals surface area contributed by atoms with Crippen LogP contribution in [0.15, 0.2) is 28.9 Å². The van der Waals surface area contributed by atoms with E-state index < -0.39 is 37.8 Å². The number of esters is 1. The van der Waals surface area contributed by atoms with Gasteiger partial charge in [-0.3, -0.25) is 4.79 Å². The summed E-state index contributed by atoms with van der Waals surface area (Å²) in [4.78, 5) is 12.6. The maximum Gasteiger partial charge on any atom is 0.312 e. The Labute approximate surface area is 149 Å². The molecule has 1 aliphatic carbocycles. The number of ether oxygens (including phenoxy) is 2. The molecule has 0 spiro atoms. The number of hydrogen-bond acceptors (Lipinski definition) is 6. The number of carbonyl (C=O) groups is 1. The fraction of sp³-hybridized carbons (Fsp3) is 0.611. The van der Waals surface area contributed by atoms with Gasteiger partial charge < -0.3 is 24.1 Å². The Balaban J connectivity index is 2.63. The van der Waals surface area contributed by atoms with Crippen molar-refractivity contribution in [3.8, 4) is 0 Å². The van der Waals surface area contributed by atoms with Crippen LogP contribution in [-0.2, 0) is 19.9 Å². The maximum absolute atomic E-state index is 12.6. The van der Waals surface area contributed by atoms with Crippen LogP contribution in [0, 0.1) is 5.92 Å². The molecule has 0 aromatic carbocycles. The monoisotopic (exact) mass is 368 g/mol. The first-order chi connectivity index (χ1) is 11.6. The Morgan fingerprint density at radius 3 is 2.64 bits per heavy atom. The van der Waals surface area contributed by atoms with Crippen molar-refractivity contribution < 1.29 is 28.9 Å². The molecule has 140 valence electrons. The lowest BCUT2D eigenvalue weighted by molar-refractivity contribution is -0.195. The van der Waals surface area contributed by atoms with Crippen molar-refractivity contribution in [3.05, 3.63) is 30.0 Å². The summed E-state index contributed by atoms with van der Waals surface area (Å²) in [6.45, 7) is 12.0. The van der Waals surface area contributed by atoms with E-state index in [9.17, 15) is 15.0 Å². The Hall–Kier alpha value is -1.41. The summed E-state index contributed by atoms with van der Waals surface area (Å²) in [5.74, 6) is -1.54. The molecule has 0 saturated heterocycles. The molecule has 0 unspecified atom stereocenters. The van der Waals surface area contributed by atoms with Gasteiger partial charge in [0.2, 0.25) is 0 Å². The Morgan fingerprint density at radius 1 is 1.48 bits per heavy atom. The van der Waals surface area contributed by atoms with Gasteiger partial charge in [0, 0.05) is 12.7 Å². The topological polar surface area (TPSA) is 89.1 Å². The molecule has 2 rings (SSSR count). The number of aliphatic hydroxyl groups is 2. The van der Waals surface area contributed by atoms with E-state index in [1.165, 1.54) is 13.4 Å². The third kappa shape index (κ3) is 3.33. The van der Waals surface area contributed by atoms with E-state index in [-0.39, 0.29) is 13.0 Å². The van der Waals surface area contributed by atoms with E-state index in [0.717, 1.165) is 0 Å². The molecule has 1 saturated carbocycles. The summed E-state index contributed by atoms with van der Waals surface area (Å²) in [6.07, 6.45) is -0.483. The second kappa shape index (κ2) is 7.07. The van der Waals surface area contributed by atoms with Crippen molar-refractivity contribution in [1.82, 2.24) is 0 Å². The van der Waals surface area contributed by atoms with Crippen molar-refractivity contribution in [2.24, 2.45) is 5.92 Å². The largest absolute Gasteiger partial charge is 0.474 e. The molecule has 4 atom stereocenters. The van der Waals surface area contributed by atoms with Crippen LogP contribution in [0.5, 0.6) is 0 Å². The van der Waals surface area contributed by atoms with E-state index in [0.29, 0.717) is 16.5 Å². The van der Waals surface area contributed by atoms with Crippen LogP contribution in [-0.4, -0.2) is 50.2 Å². The van der Waals surface area contributed by atoms with Crippen molar-refractivity contribution in [2.75, 3.05) is 13.7 Å². The van der Waals surface area contributed by atoms with Crippen molar-refractivity contribution in [2.45, 2.75) is 50.8 Å². The molecule has 0 bridgehead atoms. The minimum Gasteiger partial charge on any atom is -0.474 e. The second-order valence-corrected chi connectivity index (χ2v) is 12.5. The van der Waals surface area contributed by atoms with Gasteiger partial charge in [0.25, 0.3) is 0 Å². The summed E-state index contributed by atoms with van der Waals surface area (Å²) in [6, 6.07) is 1.63. The number of methoxy groups -OCH3 is 1. The number of aliphatic hydroxyl groups excluding tert-OH is 1. The number of hydrogen-bond donors (Lipinski definition) is 2. The molecule has 1 aromatic heterocycles. The van der Waals surface area contributed by atoms with E-state index >= 15 is 0 Å². The third-order valence-electron chi connectivity index (χ3n) is 4.74. The molecule has 0 aliphatic heterocycles. The molecule has 0 amide bonds. The molecule has 1 aliphatic rings. The van der Waals surface area contributed by atoms with E-state index in [1.54, 1.807) is 13.0 Å². The van der Waals surface area contributed by atoms with Gasteiger partial charge in [0.15, 0.2) is 0 Å². The first-order valence-electron chi connectivity index (χ1n) is 8.45. The first-order valence-corrected chi connectivity index (χ1v) is 11.9. The van der Waals surface area contributed by atoms with Crippen LogP contribution in [0.2, 0.25) is 19.6 Å². The van der Waals surface area contributed by atoms with Gasteiger partial charge in [0.05, 0.1) is 24.2 Å². The summed E-state index contributed by atoms with van der Waals surface area (Å²) in [7, 11) is -0.528.